The molecule has 1 rings (SSSR count). The Bertz CT molecular complexity index is 225. The number of carbonyl (C=O) groups excluding carboxylic acids is 1. The Morgan fingerprint density at radius 3 is 2.50 bits per heavy atom. The summed E-state index contributed by atoms with van der Waals surface area (Å²) in [6, 6.07) is 0.275. The SMILES string of the molecule is CC(C)CC(C)NC(=O)C1(C)CCCN1.Cl. The molecule has 0 spiro atoms. The van der Waals surface area contributed by atoms with Gasteiger partial charge in [0.1, 0.15) is 0 Å². The second-order valence-electron chi connectivity index (χ2n) is 5.37. The standard InChI is InChI=1S/C12H24N2O.ClH/c1-9(2)8-10(3)14-11(15)12(4)6-5-7-13-12;/h9-10,13H,5-8H2,1-4H3,(H,14,15);1H. The zero-order valence-corrected chi connectivity index (χ0v) is 11.6. The highest BCUT2D eigenvalue weighted by Crippen LogP contribution is 2.19. The van der Waals surface area contributed by atoms with Crippen LogP contribution in [0.5, 0.6) is 0 Å². The lowest BCUT2D eigenvalue weighted by Gasteiger charge is -2.26. The van der Waals surface area contributed by atoms with Crippen LogP contribution in [-0.4, -0.2) is 24.0 Å². The molecule has 2 N–H and O–H groups in total. The summed E-state index contributed by atoms with van der Waals surface area (Å²) in [6.45, 7) is 9.40. The highest BCUT2D eigenvalue weighted by atomic mass is 35.5. The van der Waals surface area contributed by atoms with E-state index < -0.39 is 0 Å². The lowest BCUT2D eigenvalue weighted by atomic mass is 9.98. The molecule has 2 atom stereocenters. The number of nitrogens with one attached hydrogen (secondary N) is 2. The minimum Gasteiger partial charge on any atom is -0.352 e. The lowest BCUT2D eigenvalue weighted by molar-refractivity contribution is -0.127. The van der Waals surface area contributed by atoms with Crippen molar-refractivity contribution >= 4 is 18.3 Å². The molecular weight excluding hydrogens is 224 g/mol. The minimum absolute atomic E-state index is 0. The van der Waals surface area contributed by atoms with Gasteiger partial charge < -0.3 is 10.6 Å². The van der Waals surface area contributed by atoms with Crippen LogP contribution in [-0.2, 0) is 4.79 Å². The largest absolute Gasteiger partial charge is 0.352 e. The fourth-order valence-corrected chi connectivity index (χ4v) is 2.24. The maximum absolute atomic E-state index is 12.0. The van der Waals surface area contributed by atoms with Crippen LogP contribution < -0.4 is 10.6 Å². The topological polar surface area (TPSA) is 41.1 Å². The molecule has 96 valence electrons. The van der Waals surface area contributed by atoms with Crippen molar-refractivity contribution < 1.29 is 4.79 Å². The van der Waals surface area contributed by atoms with Crippen molar-refractivity contribution in [2.75, 3.05) is 6.54 Å². The molecule has 0 aliphatic carbocycles. The van der Waals surface area contributed by atoms with Gasteiger partial charge in [-0.15, -0.1) is 12.4 Å². The van der Waals surface area contributed by atoms with Gasteiger partial charge in [-0.2, -0.15) is 0 Å². The highest BCUT2D eigenvalue weighted by Gasteiger charge is 2.36. The molecule has 16 heavy (non-hydrogen) atoms. The zero-order chi connectivity index (χ0) is 11.5. The molecule has 0 saturated carbocycles. The smallest absolute Gasteiger partial charge is 0.240 e. The van der Waals surface area contributed by atoms with Crippen LogP contribution in [0.4, 0.5) is 0 Å². The molecule has 0 bridgehead atoms. The van der Waals surface area contributed by atoms with E-state index in [1.165, 1.54) is 0 Å². The molecule has 1 aliphatic heterocycles. The molecule has 0 aromatic heterocycles. The maximum atomic E-state index is 12.0. The van der Waals surface area contributed by atoms with Crippen LogP contribution in [0.25, 0.3) is 0 Å². The molecule has 1 saturated heterocycles. The summed E-state index contributed by atoms with van der Waals surface area (Å²) in [4.78, 5) is 12.0. The van der Waals surface area contributed by atoms with Crippen molar-refractivity contribution in [3.8, 4) is 0 Å². The summed E-state index contributed by atoms with van der Waals surface area (Å²) in [5, 5.41) is 6.37. The van der Waals surface area contributed by atoms with Crippen LogP contribution in [0.3, 0.4) is 0 Å². The van der Waals surface area contributed by atoms with Crippen molar-refractivity contribution in [1.82, 2.24) is 10.6 Å². The summed E-state index contributed by atoms with van der Waals surface area (Å²) >= 11 is 0. The van der Waals surface area contributed by atoms with Gasteiger partial charge in [0.2, 0.25) is 5.91 Å². The molecule has 1 amide bonds. The van der Waals surface area contributed by atoms with Crippen molar-refractivity contribution in [2.45, 2.75) is 58.5 Å². The van der Waals surface area contributed by atoms with Gasteiger partial charge in [0.05, 0.1) is 5.54 Å². The molecule has 1 fully saturated rings. The zero-order valence-electron chi connectivity index (χ0n) is 10.8. The lowest BCUT2D eigenvalue weighted by Crippen LogP contribution is -2.53. The van der Waals surface area contributed by atoms with Crippen molar-refractivity contribution in [2.24, 2.45) is 5.92 Å². The van der Waals surface area contributed by atoms with E-state index in [1.54, 1.807) is 0 Å². The Morgan fingerprint density at radius 1 is 1.44 bits per heavy atom. The first kappa shape index (κ1) is 15.7. The number of halogens is 1. The van der Waals surface area contributed by atoms with Crippen LogP contribution in [0.15, 0.2) is 0 Å². The summed E-state index contributed by atoms with van der Waals surface area (Å²) in [6.07, 6.45) is 3.09. The molecule has 2 unspecified atom stereocenters. The first-order valence-electron chi connectivity index (χ1n) is 6.00. The molecular formula is C12H25ClN2O. The fourth-order valence-electron chi connectivity index (χ4n) is 2.24. The molecule has 0 aromatic rings. The Kier molecular flexibility index (Phi) is 6.34. The van der Waals surface area contributed by atoms with Gasteiger partial charge in [0, 0.05) is 6.04 Å². The van der Waals surface area contributed by atoms with E-state index in [1.807, 2.05) is 6.92 Å². The van der Waals surface area contributed by atoms with E-state index >= 15 is 0 Å². The van der Waals surface area contributed by atoms with Crippen LogP contribution in [0, 0.1) is 5.92 Å². The predicted octanol–water partition coefficient (Wildman–Crippen LogP) is 2.10. The predicted molar refractivity (Wildman–Crippen MR) is 69.9 cm³/mol. The van der Waals surface area contributed by atoms with Gasteiger partial charge >= 0.3 is 0 Å². The Hall–Kier alpha value is -0.280. The normalized spacial score (nSPS) is 26.3. The molecule has 3 nitrogen and oxygen atoms in total. The van der Waals surface area contributed by atoms with Gasteiger partial charge in [-0.05, 0) is 45.6 Å². The average molecular weight is 249 g/mol. The molecule has 0 aromatic carbocycles. The second kappa shape index (κ2) is 6.45. The van der Waals surface area contributed by atoms with E-state index in [0.717, 1.165) is 25.8 Å². The van der Waals surface area contributed by atoms with E-state index in [-0.39, 0.29) is 29.9 Å². The first-order valence-corrected chi connectivity index (χ1v) is 6.00. The van der Waals surface area contributed by atoms with Gasteiger partial charge in [-0.25, -0.2) is 0 Å². The molecule has 1 aliphatic rings. The average Bonchev–Trinajstić information content (AvgIpc) is 2.51. The van der Waals surface area contributed by atoms with Crippen LogP contribution in [0.2, 0.25) is 0 Å². The van der Waals surface area contributed by atoms with Gasteiger partial charge in [-0.3, -0.25) is 4.79 Å². The van der Waals surface area contributed by atoms with Crippen LogP contribution >= 0.6 is 12.4 Å². The third-order valence-corrected chi connectivity index (χ3v) is 3.07. The summed E-state index contributed by atoms with van der Waals surface area (Å²) in [7, 11) is 0. The quantitative estimate of drug-likeness (QED) is 0.800. The Labute approximate surface area is 105 Å². The number of hydrogen-bond donors (Lipinski definition) is 2. The maximum Gasteiger partial charge on any atom is 0.240 e. The van der Waals surface area contributed by atoms with Gasteiger partial charge in [0.25, 0.3) is 0 Å². The third-order valence-electron chi connectivity index (χ3n) is 3.07. The van der Waals surface area contributed by atoms with Crippen molar-refractivity contribution in [3.05, 3.63) is 0 Å². The number of amides is 1. The number of carbonyl (C=O) groups is 1. The van der Waals surface area contributed by atoms with E-state index in [9.17, 15) is 4.79 Å². The minimum atomic E-state index is -0.328. The Balaban J connectivity index is 0.00000225. The summed E-state index contributed by atoms with van der Waals surface area (Å²) in [5.74, 6) is 0.790. The fraction of sp³-hybridized carbons (Fsp3) is 0.917. The second-order valence-corrected chi connectivity index (χ2v) is 5.37. The monoisotopic (exact) mass is 248 g/mol. The van der Waals surface area contributed by atoms with E-state index in [4.69, 9.17) is 0 Å². The molecule has 4 heteroatoms. The summed E-state index contributed by atoms with van der Waals surface area (Å²) < 4.78 is 0. The number of rotatable bonds is 4. The van der Waals surface area contributed by atoms with Crippen molar-refractivity contribution in [3.63, 3.8) is 0 Å². The van der Waals surface area contributed by atoms with Crippen molar-refractivity contribution in [1.29, 1.82) is 0 Å². The first-order chi connectivity index (χ1) is 6.94. The summed E-state index contributed by atoms with van der Waals surface area (Å²) in [5.41, 5.74) is -0.328. The Morgan fingerprint density at radius 2 is 2.06 bits per heavy atom. The van der Waals surface area contributed by atoms with Gasteiger partial charge in [-0.1, -0.05) is 13.8 Å². The van der Waals surface area contributed by atoms with E-state index in [2.05, 4.69) is 31.4 Å². The molecule has 1 heterocycles. The number of hydrogen-bond acceptors (Lipinski definition) is 2. The van der Waals surface area contributed by atoms with E-state index in [0.29, 0.717) is 5.92 Å². The van der Waals surface area contributed by atoms with Crippen LogP contribution in [0.1, 0.15) is 47.0 Å². The third kappa shape index (κ3) is 4.30. The molecule has 0 radical (unpaired) electrons. The van der Waals surface area contributed by atoms with Gasteiger partial charge in [0.15, 0.2) is 0 Å². The highest BCUT2D eigenvalue weighted by molar-refractivity contribution is 5.86.